The van der Waals surface area contributed by atoms with Gasteiger partial charge in [-0.05, 0) is 49.5 Å². The van der Waals surface area contributed by atoms with E-state index in [1.165, 1.54) is 0 Å². The van der Waals surface area contributed by atoms with Gasteiger partial charge < -0.3 is 10.4 Å². The molecule has 0 saturated carbocycles. The molecule has 1 amide bonds. The summed E-state index contributed by atoms with van der Waals surface area (Å²) in [6.07, 6.45) is 5.91. The van der Waals surface area contributed by atoms with Crippen molar-refractivity contribution in [3.05, 3.63) is 35.7 Å². The highest BCUT2D eigenvalue weighted by atomic mass is 32.1. The number of carbonyl (C=O) groups is 1. The lowest BCUT2D eigenvalue weighted by atomic mass is 9.82. The van der Waals surface area contributed by atoms with Crippen LogP contribution in [0.2, 0.25) is 0 Å². The van der Waals surface area contributed by atoms with Crippen LogP contribution in [0.1, 0.15) is 31.2 Å². The molecule has 2 atom stereocenters. The van der Waals surface area contributed by atoms with Crippen LogP contribution in [0.15, 0.2) is 35.1 Å². The van der Waals surface area contributed by atoms with Gasteiger partial charge in [-0.2, -0.15) is 4.99 Å². The second kappa shape index (κ2) is 6.41. The van der Waals surface area contributed by atoms with E-state index in [4.69, 9.17) is 5.11 Å². The highest BCUT2D eigenvalue weighted by molar-refractivity contribution is 7.78. The number of aliphatic imine (C=N–C) groups is 1. The first-order chi connectivity index (χ1) is 9.60. The lowest BCUT2D eigenvalue weighted by Crippen LogP contribution is -2.35. The molecule has 0 bridgehead atoms. The molecule has 2 rings (SSSR count). The van der Waals surface area contributed by atoms with E-state index >= 15 is 0 Å². The van der Waals surface area contributed by atoms with Crippen molar-refractivity contribution in [2.24, 2.45) is 4.99 Å². The third kappa shape index (κ3) is 3.50. The molecule has 104 valence electrons. The van der Waals surface area contributed by atoms with Gasteiger partial charge in [0.15, 0.2) is 0 Å². The van der Waals surface area contributed by atoms with Gasteiger partial charge in [0.05, 0.1) is 23.1 Å². The van der Waals surface area contributed by atoms with Gasteiger partial charge >= 0.3 is 6.09 Å². The maximum atomic E-state index is 10.8. The minimum Gasteiger partial charge on any atom is -0.465 e. The summed E-state index contributed by atoms with van der Waals surface area (Å²) in [5, 5.41) is 13.7. The van der Waals surface area contributed by atoms with Crippen molar-refractivity contribution in [1.82, 2.24) is 10.3 Å². The Morgan fingerprint density at radius 3 is 3.15 bits per heavy atom. The number of nitrogens with one attached hydrogen (secondary N) is 1. The summed E-state index contributed by atoms with van der Waals surface area (Å²) in [5.74, 6) is 0.196. The van der Waals surface area contributed by atoms with E-state index in [2.05, 4.69) is 32.7 Å². The van der Waals surface area contributed by atoms with Crippen molar-refractivity contribution in [3.8, 4) is 0 Å². The van der Waals surface area contributed by atoms with Gasteiger partial charge in [0.1, 0.15) is 0 Å². The predicted octanol–water partition coefficient (Wildman–Crippen LogP) is 3.28. The third-order valence-electron chi connectivity index (χ3n) is 3.34. The van der Waals surface area contributed by atoms with E-state index in [1.807, 2.05) is 19.1 Å². The minimum atomic E-state index is -1.01. The Labute approximate surface area is 122 Å². The molecule has 6 heteroatoms. The van der Waals surface area contributed by atoms with E-state index in [9.17, 15) is 4.79 Å². The first-order valence-electron chi connectivity index (χ1n) is 6.28. The Balaban J connectivity index is 2.27. The number of allylic oxidation sites excluding steroid dienone is 1. The molecule has 0 saturated heterocycles. The summed E-state index contributed by atoms with van der Waals surface area (Å²) < 4.78 is 0. The molecule has 5 nitrogen and oxygen atoms in total. The van der Waals surface area contributed by atoms with Crippen LogP contribution in [0.5, 0.6) is 0 Å². The fraction of sp³-hybridized carbons (Fsp3) is 0.357. The average molecular weight is 289 g/mol. The second-order valence-electron chi connectivity index (χ2n) is 4.84. The summed E-state index contributed by atoms with van der Waals surface area (Å²) in [7, 11) is 0. The minimum absolute atomic E-state index is 0.177. The molecule has 0 aliphatic heterocycles. The van der Waals surface area contributed by atoms with E-state index in [-0.39, 0.29) is 12.0 Å². The molecule has 0 spiro atoms. The van der Waals surface area contributed by atoms with Crippen molar-refractivity contribution in [1.29, 1.82) is 0 Å². The highest BCUT2D eigenvalue weighted by Crippen LogP contribution is 2.37. The van der Waals surface area contributed by atoms with Crippen molar-refractivity contribution in [2.75, 3.05) is 0 Å². The van der Waals surface area contributed by atoms with Crippen molar-refractivity contribution in [2.45, 2.75) is 31.7 Å². The molecule has 1 heterocycles. The topological polar surface area (TPSA) is 74.6 Å². The first-order valence-corrected chi connectivity index (χ1v) is 6.69. The molecule has 1 aromatic heterocycles. The average Bonchev–Trinajstić information content (AvgIpc) is 2.38. The van der Waals surface area contributed by atoms with Crippen LogP contribution < -0.4 is 5.32 Å². The number of hydrogen-bond donors (Lipinski definition) is 2. The maximum absolute atomic E-state index is 10.8. The van der Waals surface area contributed by atoms with Crippen molar-refractivity contribution >= 4 is 29.2 Å². The summed E-state index contributed by atoms with van der Waals surface area (Å²) in [5.41, 5.74) is 2.90. The van der Waals surface area contributed by atoms with Gasteiger partial charge in [0.25, 0.3) is 0 Å². The fourth-order valence-corrected chi connectivity index (χ4v) is 2.74. The first kappa shape index (κ1) is 14.4. The second-order valence-corrected chi connectivity index (χ2v) is 5.03. The van der Waals surface area contributed by atoms with Crippen LogP contribution in [0.4, 0.5) is 10.5 Å². The zero-order valence-corrected chi connectivity index (χ0v) is 11.9. The van der Waals surface area contributed by atoms with Crippen molar-refractivity contribution in [3.63, 3.8) is 0 Å². The predicted molar refractivity (Wildman–Crippen MR) is 79.6 cm³/mol. The van der Waals surface area contributed by atoms with Crippen LogP contribution in [-0.4, -0.2) is 27.4 Å². The number of aromatic nitrogens is 1. The number of carboxylic acid groups (broad SMARTS) is 1. The van der Waals surface area contributed by atoms with Crippen LogP contribution >= 0.6 is 12.2 Å². The monoisotopic (exact) mass is 289 g/mol. The molecular weight excluding hydrogens is 274 g/mol. The Hall–Kier alpha value is -2.04. The molecule has 1 aromatic rings. The smallest absolute Gasteiger partial charge is 0.405 e. The van der Waals surface area contributed by atoms with Crippen LogP contribution in [0.3, 0.4) is 0 Å². The summed E-state index contributed by atoms with van der Waals surface area (Å²) in [6, 6.07) is 1.73. The van der Waals surface area contributed by atoms with Crippen LogP contribution in [0.25, 0.3) is 0 Å². The molecule has 0 radical (unpaired) electrons. The lowest BCUT2D eigenvalue weighted by Gasteiger charge is -2.28. The molecule has 1 aliphatic rings. The maximum Gasteiger partial charge on any atom is 0.405 e. The van der Waals surface area contributed by atoms with Crippen LogP contribution in [-0.2, 0) is 0 Å². The fourth-order valence-electron chi connectivity index (χ4n) is 2.64. The standard InChI is InChI=1S/C14H15N3O2S/c1-9-4-10(6-11(5-9)17-14(18)19)12-2-3-15-7-13(12)16-8-20/h2-3,5,7,10-11,17H,4,6H2,1H3,(H,18,19)/t10-,11-/m0/s1. The number of isothiocyanates is 1. The Morgan fingerprint density at radius 2 is 2.45 bits per heavy atom. The molecular formula is C14H15N3O2S. The number of hydrogen-bond acceptors (Lipinski definition) is 4. The Kier molecular flexibility index (Phi) is 4.61. The third-order valence-corrected chi connectivity index (χ3v) is 3.43. The summed E-state index contributed by atoms with van der Waals surface area (Å²) in [4.78, 5) is 18.9. The number of thiocarbonyl (C=S) groups is 1. The van der Waals surface area contributed by atoms with Crippen LogP contribution in [0, 0.1) is 0 Å². The van der Waals surface area contributed by atoms with Gasteiger partial charge in [-0.3, -0.25) is 4.98 Å². The van der Waals surface area contributed by atoms with E-state index in [1.54, 1.807) is 12.4 Å². The highest BCUT2D eigenvalue weighted by Gasteiger charge is 2.25. The van der Waals surface area contributed by atoms with Gasteiger partial charge in [0.2, 0.25) is 0 Å². The molecule has 20 heavy (non-hydrogen) atoms. The van der Waals surface area contributed by atoms with E-state index in [0.29, 0.717) is 12.1 Å². The Morgan fingerprint density at radius 1 is 1.65 bits per heavy atom. The quantitative estimate of drug-likeness (QED) is 0.509. The Bertz CT molecular complexity index is 594. The molecule has 0 fully saturated rings. The van der Waals surface area contributed by atoms with E-state index in [0.717, 1.165) is 17.6 Å². The number of rotatable bonds is 3. The van der Waals surface area contributed by atoms with Gasteiger partial charge in [0, 0.05) is 6.20 Å². The normalized spacial score (nSPS) is 21.6. The summed E-state index contributed by atoms with van der Waals surface area (Å²) >= 11 is 4.65. The largest absolute Gasteiger partial charge is 0.465 e. The zero-order chi connectivity index (χ0) is 14.5. The van der Waals surface area contributed by atoms with Gasteiger partial charge in [-0.1, -0.05) is 11.6 Å². The van der Waals surface area contributed by atoms with E-state index < -0.39 is 6.09 Å². The van der Waals surface area contributed by atoms with Gasteiger partial charge in [-0.25, -0.2) is 4.79 Å². The van der Waals surface area contributed by atoms with Gasteiger partial charge in [-0.15, -0.1) is 0 Å². The number of pyridine rings is 1. The number of amides is 1. The number of nitrogens with zero attached hydrogens (tertiary/aromatic N) is 2. The molecule has 0 unspecified atom stereocenters. The zero-order valence-electron chi connectivity index (χ0n) is 11.0. The SMILES string of the molecule is CC1=C[C@H](NC(=O)O)C[C@@H](c2ccncc2N=C=S)C1. The molecule has 0 aromatic carbocycles. The molecule has 2 N–H and O–H groups in total. The van der Waals surface area contributed by atoms with Crippen molar-refractivity contribution < 1.29 is 9.90 Å². The lowest BCUT2D eigenvalue weighted by molar-refractivity contribution is 0.190. The summed E-state index contributed by atoms with van der Waals surface area (Å²) in [6.45, 7) is 2.01. The molecule has 1 aliphatic carbocycles.